The molecule has 0 unspecified atom stereocenters. The Hall–Kier alpha value is -1.31. The zero-order valence-electron chi connectivity index (χ0n) is 9.49. The molecule has 0 spiro atoms. The largest absolute Gasteiger partial charge is 0.550 e. The molecule has 1 aromatic carbocycles. The fourth-order valence-electron chi connectivity index (χ4n) is 1.48. The predicted octanol–water partition coefficient (Wildman–Crippen LogP) is 1.74. The minimum Gasteiger partial charge on any atom is -0.550 e. The van der Waals surface area contributed by atoms with Gasteiger partial charge in [0.25, 0.3) is 0 Å². The number of carbonyl (C=O) groups is 1. The van der Waals surface area contributed by atoms with Crippen LogP contribution in [-0.2, 0) is 11.2 Å². The van der Waals surface area contributed by atoms with Gasteiger partial charge in [0.05, 0.1) is 0 Å². The normalized spacial score (nSPS) is 12.8. The van der Waals surface area contributed by atoms with Gasteiger partial charge in [-0.05, 0) is 29.4 Å². The number of carboxylic acids is 1. The van der Waals surface area contributed by atoms with Crippen molar-refractivity contribution in [1.29, 1.82) is 0 Å². The van der Waals surface area contributed by atoms with Crippen LogP contribution in [0.2, 0.25) is 0 Å². The van der Waals surface area contributed by atoms with Crippen molar-refractivity contribution in [2.24, 2.45) is 5.92 Å². The molecule has 0 bridgehead atoms. The molecule has 0 N–H and O–H groups in total. The van der Waals surface area contributed by atoms with Crippen LogP contribution < -0.4 is 5.11 Å². The van der Waals surface area contributed by atoms with Crippen LogP contribution in [0.15, 0.2) is 24.3 Å². The molecule has 0 aliphatic carbocycles. The van der Waals surface area contributed by atoms with Gasteiger partial charge in [-0.3, -0.25) is 0 Å². The lowest BCUT2D eigenvalue weighted by atomic mass is 9.97. The Morgan fingerprint density at radius 3 is 2.13 bits per heavy atom. The van der Waals surface area contributed by atoms with Crippen molar-refractivity contribution in [2.75, 3.05) is 0 Å². The van der Waals surface area contributed by atoms with Crippen LogP contribution in [-0.4, -0.2) is 5.97 Å². The molecule has 0 heterocycles. The third-order valence-corrected chi connectivity index (χ3v) is 2.59. The Labute approximate surface area is 90.9 Å². The summed E-state index contributed by atoms with van der Waals surface area (Å²) in [5.41, 5.74) is 2.33. The van der Waals surface area contributed by atoms with E-state index in [0.29, 0.717) is 12.3 Å². The molecular formula is C13H17O2-. The summed E-state index contributed by atoms with van der Waals surface area (Å²) in [6.45, 7) is 5.95. The predicted molar refractivity (Wildman–Crippen MR) is 58.4 cm³/mol. The Bertz CT molecular complexity index is 325. The monoisotopic (exact) mass is 205 g/mol. The van der Waals surface area contributed by atoms with Crippen LogP contribution in [0.4, 0.5) is 0 Å². The van der Waals surface area contributed by atoms with E-state index in [4.69, 9.17) is 0 Å². The minimum atomic E-state index is -0.983. The lowest BCUT2D eigenvalue weighted by molar-refractivity contribution is -0.310. The zero-order valence-corrected chi connectivity index (χ0v) is 9.49. The highest BCUT2D eigenvalue weighted by Crippen LogP contribution is 2.16. The molecular weight excluding hydrogens is 188 g/mol. The molecule has 0 aromatic heterocycles. The van der Waals surface area contributed by atoms with Crippen molar-refractivity contribution in [3.63, 3.8) is 0 Å². The van der Waals surface area contributed by atoms with Crippen LogP contribution in [0.5, 0.6) is 0 Å². The van der Waals surface area contributed by atoms with E-state index in [9.17, 15) is 9.90 Å². The fourth-order valence-corrected chi connectivity index (χ4v) is 1.48. The molecule has 0 amide bonds. The fraction of sp³-hybridized carbons (Fsp3) is 0.462. The molecule has 0 aliphatic heterocycles. The Morgan fingerprint density at radius 1 is 1.20 bits per heavy atom. The van der Waals surface area contributed by atoms with Gasteiger partial charge in [-0.1, -0.05) is 45.0 Å². The van der Waals surface area contributed by atoms with Gasteiger partial charge in [-0.25, -0.2) is 0 Å². The van der Waals surface area contributed by atoms with E-state index >= 15 is 0 Å². The molecule has 0 radical (unpaired) electrons. The summed E-state index contributed by atoms with van der Waals surface area (Å²) in [5, 5.41) is 10.6. The maximum absolute atomic E-state index is 10.6. The molecule has 2 nitrogen and oxygen atoms in total. The molecule has 82 valence electrons. The Morgan fingerprint density at radius 2 is 1.73 bits per heavy atom. The van der Waals surface area contributed by atoms with E-state index in [-0.39, 0.29) is 0 Å². The lowest BCUT2D eigenvalue weighted by Crippen LogP contribution is -2.30. The number of hydrogen-bond acceptors (Lipinski definition) is 2. The number of hydrogen-bond donors (Lipinski definition) is 0. The molecule has 0 fully saturated rings. The van der Waals surface area contributed by atoms with Crippen molar-refractivity contribution in [1.82, 2.24) is 0 Å². The zero-order chi connectivity index (χ0) is 11.4. The average molecular weight is 205 g/mol. The van der Waals surface area contributed by atoms with Gasteiger partial charge in [-0.15, -0.1) is 0 Å². The van der Waals surface area contributed by atoms with Crippen molar-refractivity contribution < 1.29 is 9.90 Å². The molecule has 1 atom stereocenters. The number of aliphatic carboxylic acids is 1. The van der Waals surface area contributed by atoms with Crippen LogP contribution in [0.25, 0.3) is 0 Å². The highest BCUT2D eigenvalue weighted by Gasteiger charge is 2.05. The van der Waals surface area contributed by atoms with Gasteiger partial charge in [0.1, 0.15) is 0 Å². The van der Waals surface area contributed by atoms with E-state index in [1.165, 1.54) is 5.56 Å². The highest BCUT2D eigenvalue weighted by molar-refractivity contribution is 5.67. The first-order chi connectivity index (χ1) is 7.00. The standard InChI is InChI=1S/C13H18O2/c1-9(2)12-6-4-11(5-7-12)8-10(3)13(14)15/h4-7,9-10H,8H2,1-3H3,(H,14,15)/p-1/t10-/m0/s1. The van der Waals surface area contributed by atoms with Crippen LogP contribution in [0, 0.1) is 5.92 Å². The smallest absolute Gasteiger partial charge is 0.0445 e. The number of carbonyl (C=O) groups excluding carboxylic acids is 1. The van der Waals surface area contributed by atoms with Crippen molar-refractivity contribution in [3.05, 3.63) is 35.4 Å². The van der Waals surface area contributed by atoms with E-state index in [1.54, 1.807) is 6.92 Å². The quantitative estimate of drug-likeness (QED) is 0.751. The first-order valence-corrected chi connectivity index (χ1v) is 5.30. The molecule has 1 rings (SSSR count). The van der Waals surface area contributed by atoms with Crippen LogP contribution in [0.3, 0.4) is 0 Å². The van der Waals surface area contributed by atoms with E-state index in [1.807, 2.05) is 12.1 Å². The molecule has 0 saturated heterocycles. The van der Waals surface area contributed by atoms with Gasteiger partial charge in [-0.2, -0.15) is 0 Å². The van der Waals surface area contributed by atoms with Gasteiger partial charge < -0.3 is 9.90 Å². The van der Waals surface area contributed by atoms with E-state index < -0.39 is 11.9 Å². The summed E-state index contributed by atoms with van der Waals surface area (Å²) in [6, 6.07) is 8.10. The van der Waals surface area contributed by atoms with E-state index in [0.717, 1.165) is 5.56 Å². The second kappa shape index (κ2) is 4.96. The number of benzene rings is 1. The van der Waals surface area contributed by atoms with Crippen LogP contribution >= 0.6 is 0 Å². The third-order valence-electron chi connectivity index (χ3n) is 2.59. The van der Waals surface area contributed by atoms with Gasteiger partial charge in [0.15, 0.2) is 0 Å². The summed E-state index contributed by atoms with van der Waals surface area (Å²) in [6.07, 6.45) is 0.542. The summed E-state index contributed by atoms with van der Waals surface area (Å²) in [5.74, 6) is -0.893. The van der Waals surface area contributed by atoms with E-state index in [2.05, 4.69) is 26.0 Å². The second-order valence-corrected chi connectivity index (χ2v) is 4.32. The Balaban J connectivity index is 2.68. The highest BCUT2D eigenvalue weighted by atomic mass is 16.4. The minimum absolute atomic E-state index is 0.421. The molecule has 2 heteroatoms. The van der Waals surface area contributed by atoms with Gasteiger partial charge in [0.2, 0.25) is 0 Å². The van der Waals surface area contributed by atoms with Gasteiger partial charge >= 0.3 is 0 Å². The molecule has 1 aromatic rings. The summed E-state index contributed by atoms with van der Waals surface area (Å²) < 4.78 is 0. The third kappa shape index (κ3) is 3.39. The average Bonchev–Trinajstić information content (AvgIpc) is 2.18. The number of rotatable bonds is 4. The lowest BCUT2D eigenvalue weighted by Gasteiger charge is -2.13. The molecule has 0 aliphatic rings. The van der Waals surface area contributed by atoms with Gasteiger partial charge in [0, 0.05) is 5.97 Å². The summed E-state index contributed by atoms with van der Waals surface area (Å²) in [4.78, 5) is 10.6. The first kappa shape index (κ1) is 11.8. The van der Waals surface area contributed by atoms with Crippen LogP contribution in [0.1, 0.15) is 37.8 Å². The molecule has 15 heavy (non-hydrogen) atoms. The topological polar surface area (TPSA) is 40.1 Å². The van der Waals surface area contributed by atoms with Crippen molar-refractivity contribution >= 4 is 5.97 Å². The maximum Gasteiger partial charge on any atom is 0.0445 e. The van der Waals surface area contributed by atoms with Crippen molar-refractivity contribution in [3.8, 4) is 0 Å². The molecule has 0 saturated carbocycles. The maximum atomic E-state index is 10.6. The Kier molecular flexibility index (Phi) is 3.89. The number of carboxylic acid groups (broad SMARTS) is 1. The second-order valence-electron chi connectivity index (χ2n) is 4.32. The summed E-state index contributed by atoms with van der Waals surface area (Å²) >= 11 is 0. The summed E-state index contributed by atoms with van der Waals surface area (Å²) in [7, 11) is 0. The van der Waals surface area contributed by atoms with Crippen molar-refractivity contribution in [2.45, 2.75) is 33.1 Å². The SMILES string of the molecule is CC(C)c1ccc(C[C@H](C)C(=O)[O-])cc1. The first-order valence-electron chi connectivity index (χ1n) is 5.30.